The molecule has 20 heavy (non-hydrogen) atoms. The van der Waals surface area contributed by atoms with E-state index in [1.807, 2.05) is 13.8 Å². The number of likely N-dealkylation sites (tertiary alicyclic amines) is 1. The van der Waals surface area contributed by atoms with Crippen LogP contribution in [0.1, 0.15) is 53.4 Å². The first-order chi connectivity index (χ1) is 9.40. The van der Waals surface area contributed by atoms with Crippen LogP contribution in [0.2, 0.25) is 0 Å². The third-order valence-corrected chi connectivity index (χ3v) is 4.68. The lowest BCUT2D eigenvalue weighted by Gasteiger charge is -2.26. The van der Waals surface area contributed by atoms with E-state index in [-0.39, 0.29) is 0 Å². The molecule has 1 saturated heterocycles. The highest BCUT2D eigenvalue weighted by Crippen LogP contribution is 2.24. The number of rotatable bonds is 9. The Morgan fingerprint density at radius 1 is 1.30 bits per heavy atom. The summed E-state index contributed by atoms with van der Waals surface area (Å²) < 4.78 is 0. The van der Waals surface area contributed by atoms with E-state index in [0.717, 1.165) is 44.9 Å². The number of carboxylic acid groups (broad SMARTS) is 1. The molecule has 0 aliphatic carbocycles. The van der Waals surface area contributed by atoms with Gasteiger partial charge in [-0.3, -0.25) is 9.69 Å². The second-order valence-electron chi connectivity index (χ2n) is 6.61. The minimum absolute atomic E-state index is 0.575. The van der Waals surface area contributed by atoms with Gasteiger partial charge in [-0.15, -0.1) is 0 Å². The van der Waals surface area contributed by atoms with Crippen LogP contribution >= 0.6 is 0 Å². The van der Waals surface area contributed by atoms with E-state index in [0.29, 0.717) is 0 Å². The Morgan fingerprint density at radius 3 is 2.50 bits per heavy atom. The highest BCUT2D eigenvalue weighted by molar-refractivity contribution is 5.73. The van der Waals surface area contributed by atoms with E-state index < -0.39 is 11.4 Å². The summed E-state index contributed by atoms with van der Waals surface area (Å²) in [6.07, 6.45) is 4.17. The van der Waals surface area contributed by atoms with Gasteiger partial charge in [0.1, 0.15) is 0 Å². The van der Waals surface area contributed by atoms with Gasteiger partial charge >= 0.3 is 5.97 Å². The van der Waals surface area contributed by atoms with Crippen molar-refractivity contribution in [3.63, 3.8) is 0 Å². The van der Waals surface area contributed by atoms with Crippen LogP contribution in [0.15, 0.2) is 0 Å². The third kappa shape index (κ3) is 5.06. The molecule has 1 fully saturated rings. The molecule has 0 amide bonds. The fourth-order valence-corrected chi connectivity index (χ4v) is 3.06. The number of carboxylic acids is 1. The van der Waals surface area contributed by atoms with Crippen molar-refractivity contribution in [2.24, 2.45) is 5.41 Å². The van der Waals surface area contributed by atoms with E-state index in [1.54, 1.807) is 0 Å². The molecule has 1 heterocycles. The molecule has 0 aromatic heterocycles. The second kappa shape index (κ2) is 7.99. The molecule has 4 nitrogen and oxygen atoms in total. The van der Waals surface area contributed by atoms with Gasteiger partial charge in [-0.1, -0.05) is 20.3 Å². The molecule has 1 atom stereocenters. The zero-order valence-corrected chi connectivity index (χ0v) is 13.7. The lowest BCUT2D eigenvalue weighted by Crippen LogP contribution is -2.37. The van der Waals surface area contributed by atoms with Crippen molar-refractivity contribution in [3.8, 4) is 0 Å². The molecule has 0 radical (unpaired) electrons. The first-order valence-corrected chi connectivity index (χ1v) is 8.10. The fourth-order valence-electron chi connectivity index (χ4n) is 3.06. The summed E-state index contributed by atoms with van der Waals surface area (Å²) >= 11 is 0. The van der Waals surface area contributed by atoms with E-state index in [4.69, 9.17) is 5.11 Å². The Kier molecular flexibility index (Phi) is 6.96. The van der Waals surface area contributed by atoms with Crippen LogP contribution in [0, 0.1) is 5.41 Å². The average Bonchev–Trinajstić information content (AvgIpc) is 2.85. The van der Waals surface area contributed by atoms with Gasteiger partial charge in [-0.05, 0) is 59.3 Å². The van der Waals surface area contributed by atoms with Crippen LogP contribution in [0.4, 0.5) is 0 Å². The molecule has 0 spiro atoms. The number of hydrogen-bond donors (Lipinski definition) is 1. The van der Waals surface area contributed by atoms with Gasteiger partial charge in [0, 0.05) is 12.6 Å². The quantitative estimate of drug-likeness (QED) is 0.661. The lowest BCUT2D eigenvalue weighted by molar-refractivity contribution is -0.147. The number of carbonyl (C=O) groups is 1. The van der Waals surface area contributed by atoms with Gasteiger partial charge in [-0.2, -0.15) is 0 Å². The van der Waals surface area contributed by atoms with Crippen LogP contribution in [-0.2, 0) is 4.79 Å². The van der Waals surface area contributed by atoms with Crippen LogP contribution in [0.3, 0.4) is 0 Å². The van der Waals surface area contributed by atoms with Gasteiger partial charge in [0.2, 0.25) is 0 Å². The standard InChI is InChI=1S/C16H32N2O2/c1-5-18(6-2)14-9-12-17(13-14)11-8-7-10-16(3,4)15(19)20/h14H,5-13H2,1-4H3,(H,19,20). The molecule has 4 heteroatoms. The third-order valence-electron chi connectivity index (χ3n) is 4.68. The Balaban J connectivity index is 2.20. The zero-order chi connectivity index (χ0) is 15.2. The molecule has 1 rings (SSSR count). The van der Waals surface area contributed by atoms with Crippen molar-refractivity contribution < 1.29 is 9.90 Å². The van der Waals surface area contributed by atoms with Crippen LogP contribution in [0.5, 0.6) is 0 Å². The molecule has 0 saturated carbocycles. The van der Waals surface area contributed by atoms with Crippen molar-refractivity contribution in [2.75, 3.05) is 32.7 Å². The first-order valence-electron chi connectivity index (χ1n) is 8.10. The Labute approximate surface area is 124 Å². The molecule has 0 bridgehead atoms. The monoisotopic (exact) mass is 284 g/mol. The number of aliphatic carboxylic acids is 1. The lowest BCUT2D eigenvalue weighted by atomic mass is 9.87. The number of hydrogen-bond acceptors (Lipinski definition) is 3. The van der Waals surface area contributed by atoms with Crippen LogP contribution in [-0.4, -0.2) is 59.6 Å². The second-order valence-corrected chi connectivity index (χ2v) is 6.61. The summed E-state index contributed by atoms with van der Waals surface area (Å²) in [5.41, 5.74) is -0.575. The summed E-state index contributed by atoms with van der Waals surface area (Å²) in [6.45, 7) is 13.9. The zero-order valence-electron chi connectivity index (χ0n) is 13.7. The minimum atomic E-state index is -0.680. The number of nitrogens with zero attached hydrogens (tertiary/aromatic N) is 2. The highest BCUT2D eigenvalue weighted by Gasteiger charge is 2.27. The molecule has 0 aromatic rings. The minimum Gasteiger partial charge on any atom is -0.481 e. The predicted molar refractivity (Wildman–Crippen MR) is 83.0 cm³/mol. The number of unbranched alkanes of at least 4 members (excludes halogenated alkanes) is 1. The van der Waals surface area contributed by atoms with Gasteiger partial charge < -0.3 is 10.0 Å². The molecule has 1 aliphatic heterocycles. The van der Waals surface area contributed by atoms with Crippen molar-refractivity contribution in [1.82, 2.24) is 9.80 Å². The topological polar surface area (TPSA) is 43.8 Å². The van der Waals surface area contributed by atoms with Crippen molar-refractivity contribution in [1.29, 1.82) is 0 Å². The molecular formula is C16H32N2O2. The van der Waals surface area contributed by atoms with Crippen molar-refractivity contribution in [2.45, 2.75) is 59.4 Å². The Morgan fingerprint density at radius 2 is 1.95 bits per heavy atom. The summed E-state index contributed by atoms with van der Waals surface area (Å²) in [5.74, 6) is -0.680. The van der Waals surface area contributed by atoms with Crippen molar-refractivity contribution >= 4 is 5.97 Å². The van der Waals surface area contributed by atoms with Gasteiger partial charge in [0.25, 0.3) is 0 Å². The van der Waals surface area contributed by atoms with E-state index in [2.05, 4.69) is 23.6 Å². The van der Waals surface area contributed by atoms with Crippen LogP contribution < -0.4 is 0 Å². The highest BCUT2D eigenvalue weighted by atomic mass is 16.4. The smallest absolute Gasteiger partial charge is 0.309 e. The van der Waals surface area contributed by atoms with Gasteiger partial charge in [0.05, 0.1) is 5.41 Å². The molecule has 1 aliphatic rings. The van der Waals surface area contributed by atoms with Crippen molar-refractivity contribution in [3.05, 3.63) is 0 Å². The molecular weight excluding hydrogens is 252 g/mol. The summed E-state index contributed by atoms with van der Waals surface area (Å²) in [5, 5.41) is 9.09. The van der Waals surface area contributed by atoms with E-state index >= 15 is 0 Å². The Hall–Kier alpha value is -0.610. The summed E-state index contributed by atoms with van der Waals surface area (Å²) in [4.78, 5) is 16.1. The average molecular weight is 284 g/mol. The maximum absolute atomic E-state index is 11.0. The summed E-state index contributed by atoms with van der Waals surface area (Å²) in [7, 11) is 0. The van der Waals surface area contributed by atoms with E-state index in [1.165, 1.54) is 19.5 Å². The normalized spacial score (nSPS) is 20.8. The van der Waals surface area contributed by atoms with Gasteiger partial charge in [0.15, 0.2) is 0 Å². The molecule has 1 unspecified atom stereocenters. The molecule has 118 valence electrons. The number of likely N-dealkylation sites (N-methyl/N-ethyl adjacent to an activating group) is 1. The molecule has 0 aromatic carbocycles. The van der Waals surface area contributed by atoms with E-state index in [9.17, 15) is 4.79 Å². The van der Waals surface area contributed by atoms with Gasteiger partial charge in [-0.25, -0.2) is 0 Å². The largest absolute Gasteiger partial charge is 0.481 e. The fraction of sp³-hybridized carbons (Fsp3) is 0.938. The maximum atomic E-state index is 11.0. The van der Waals surface area contributed by atoms with Crippen LogP contribution in [0.25, 0.3) is 0 Å². The predicted octanol–water partition coefficient (Wildman–Crippen LogP) is 2.68. The Bertz CT molecular complexity index is 301. The summed E-state index contributed by atoms with van der Waals surface area (Å²) in [6, 6.07) is 0.723. The SMILES string of the molecule is CCN(CC)C1CCN(CCCCC(C)(C)C(=O)O)C1. The molecule has 1 N–H and O–H groups in total. The maximum Gasteiger partial charge on any atom is 0.309 e. The first kappa shape index (κ1) is 17.4.